The van der Waals surface area contributed by atoms with Gasteiger partial charge >= 0.3 is 0 Å². The topological polar surface area (TPSA) is 86.7 Å². The Bertz CT molecular complexity index is 106. The molecule has 0 aliphatic carbocycles. The lowest BCUT2D eigenvalue weighted by Crippen LogP contribution is -2.52. The second kappa shape index (κ2) is 4.66. The molecule has 4 nitrogen and oxygen atoms in total. The molecule has 0 aromatic heterocycles. The molecule has 0 amide bonds. The summed E-state index contributed by atoms with van der Waals surface area (Å²) >= 11 is 0. The number of nitrogens with two attached hydrogens (primary N) is 1. The van der Waals surface area contributed by atoms with E-state index in [1.807, 2.05) is 6.92 Å². The average molecular weight is 163 g/mol. The zero-order valence-corrected chi connectivity index (χ0v) is 6.82. The van der Waals surface area contributed by atoms with Crippen molar-refractivity contribution in [2.24, 2.45) is 5.73 Å². The Balaban J connectivity index is 3.77. The van der Waals surface area contributed by atoms with Gasteiger partial charge in [0, 0.05) is 0 Å². The van der Waals surface area contributed by atoms with Gasteiger partial charge in [0.2, 0.25) is 0 Å². The number of hydrogen-bond acceptors (Lipinski definition) is 4. The first-order valence-electron chi connectivity index (χ1n) is 3.84. The predicted molar refractivity (Wildman–Crippen MR) is 41.8 cm³/mol. The maximum absolute atomic E-state index is 9.28. The van der Waals surface area contributed by atoms with Crippen molar-refractivity contribution in [2.45, 2.75) is 38.0 Å². The second-order valence-corrected chi connectivity index (χ2v) is 2.79. The van der Waals surface area contributed by atoms with Gasteiger partial charge in [-0.1, -0.05) is 13.3 Å². The molecule has 0 aromatic carbocycles. The zero-order chi connectivity index (χ0) is 8.91. The van der Waals surface area contributed by atoms with E-state index in [0.717, 1.165) is 12.8 Å². The molecule has 4 heteroatoms. The Labute approximate surface area is 66.7 Å². The number of aliphatic hydroxyl groups is 3. The highest BCUT2D eigenvalue weighted by molar-refractivity contribution is 4.78. The third-order valence-electron chi connectivity index (χ3n) is 1.68. The van der Waals surface area contributed by atoms with Gasteiger partial charge in [-0.2, -0.15) is 0 Å². The van der Waals surface area contributed by atoms with E-state index in [1.165, 1.54) is 0 Å². The summed E-state index contributed by atoms with van der Waals surface area (Å²) in [6, 6.07) is 0. The molecule has 0 aliphatic rings. The molecule has 11 heavy (non-hydrogen) atoms. The molecule has 0 saturated heterocycles. The highest BCUT2D eigenvalue weighted by atomic mass is 16.4. The Hall–Kier alpha value is -0.160. The minimum atomic E-state index is -1.63. The SMILES string of the molecule is CCCCC(N)(O)C(O)CO. The molecule has 0 bridgehead atoms. The van der Waals surface area contributed by atoms with Crippen molar-refractivity contribution in [3.05, 3.63) is 0 Å². The lowest BCUT2D eigenvalue weighted by Gasteiger charge is -2.27. The predicted octanol–water partition coefficient (Wildman–Crippen LogP) is -0.823. The zero-order valence-electron chi connectivity index (χ0n) is 6.82. The van der Waals surface area contributed by atoms with Gasteiger partial charge in [-0.15, -0.1) is 0 Å². The van der Waals surface area contributed by atoms with Crippen LogP contribution in [0.4, 0.5) is 0 Å². The molecule has 0 spiro atoms. The van der Waals surface area contributed by atoms with Crippen LogP contribution in [0.1, 0.15) is 26.2 Å². The summed E-state index contributed by atoms with van der Waals surface area (Å²) in [5.41, 5.74) is 3.67. The minimum Gasteiger partial charge on any atom is -0.394 e. The summed E-state index contributed by atoms with van der Waals surface area (Å²) in [7, 11) is 0. The first kappa shape index (κ1) is 10.8. The summed E-state index contributed by atoms with van der Waals surface area (Å²) in [4.78, 5) is 0. The van der Waals surface area contributed by atoms with E-state index in [9.17, 15) is 5.11 Å². The normalized spacial score (nSPS) is 19.4. The summed E-state index contributed by atoms with van der Waals surface area (Å²) in [5.74, 6) is 0. The van der Waals surface area contributed by atoms with Gasteiger partial charge in [0.05, 0.1) is 6.61 Å². The van der Waals surface area contributed by atoms with Crippen LogP contribution in [0.5, 0.6) is 0 Å². The van der Waals surface area contributed by atoms with Crippen molar-refractivity contribution in [3.63, 3.8) is 0 Å². The molecule has 0 saturated carbocycles. The fraction of sp³-hybridized carbons (Fsp3) is 1.00. The molecule has 68 valence electrons. The Kier molecular flexibility index (Phi) is 4.60. The van der Waals surface area contributed by atoms with Crippen molar-refractivity contribution in [2.75, 3.05) is 6.61 Å². The van der Waals surface area contributed by atoms with E-state index in [2.05, 4.69) is 0 Å². The first-order chi connectivity index (χ1) is 5.04. The van der Waals surface area contributed by atoms with Crippen molar-refractivity contribution in [1.29, 1.82) is 0 Å². The molecular weight excluding hydrogens is 146 g/mol. The van der Waals surface area contributed by atoms with Gasteiger partial charge in [-0.25, -0.2) is 0 Å². The van der Waals surface area contributed by atoms with Crippen LogP contribution < -0.4 is 5.73 Å². The van der Waals surface area contributed by atoms with Gasteiger partial charge in [0.15, 0.2) is 0 Å². The Morgan fingerprint density at radius 1 is 1.55 bits per heavy atom. The summed E-state index contributed by atoms with van der Waals surface area (Å²) in [5, 5.41) is 26.7. The van der Waals surface area contributed by atoms with Crippen LogP contribution in [-0.2, 0) is 0 Å². The van der Waals surface area contributed by atoms with Crippen LogP contribution in [-0.4, -0.2) is 33.8 Å². The Morgan fingerprint density at radius 2 is 2.09 bits per heavy atom. The fourth-order valence-electron chi connectivity index (χ4n) is 0.785. The number of aliphatic hydroxyl groups excluding tert-OH is 2. The summed E-state index contributed by atoms with van der Waals surface area (Å²) < 4.78 is 0. The van der Waals surface area contributed by atoms with Crippen molar-refractivity contribution < 1.29 is 15.3 Å². The van der Waals surface area contributed by atoms with Gasteiger partial charge in [0.1, 0.15) is 11.8 Å². The van der Waals surface area contributed by atoms with Gasteiger partial charge in [0.25, 0.3) is 0 Å². The quantitative estimate of drug-likeness (QED) is 0.399. The van der Waals surface area contributed by atoms with Crippen LogP contribution >= 0.6 is 0 Å². The van der Waals surface area contributed by atoms with E-state index in [-0.39, 0.29) is 0 Å². The molecule has 5 N–H and O–H groups in total. The minimum absolute atomic E-state index is 0.311. The third kappa shape index (κ3) is 3.67. The maximum atomic E-state index is 9.28. The van der Waals surface area contributed by atoms with Gasteiger partial charge in [-0.3, -0.25) is 0 Å². The lowest BCUT2D eigenvalue weighted by atomic mass is 10.0. The standard InChI is InChI=1S/C7H17NO3/c1-2-3-4-7(8,11)6(10)5-9/h6,9-11H,2-5,8H2,1H3. The maximum Gasteiger partial charge on any atom is 0.141 e. The fourth-order valence-corrected chi connectivity index (χ4v) is 0.785. The molecule has 0 heterocycles. The molecule has 0 aromatic rings. The average Bonchev–Trinajstić information content (AvgIpc) is 1.99. The first-order valence-corrected chi connectivity index (χ1v) is 3.84. The Morgan fingerprint density at radius 3 is 2.45 bits per heavy atom. The largest absolute Gasteiger partial charge is 0.394 e. The van der Waals surface area contributed by atoms with Crippen LogP contribution in [0.2, 0.25) is 0 Å². The van der Waals surface area contributed by atoms with E-state index >= 15 is 0 Å². The van der Waals surface area contributed by atoms with Gasteiger partial charge in [-0.05, 0) is 12.8 Å². The smallest absolute Gasteiger partial charge is 0.141 e. The highest BCUT2D eigenvalue weighted by Crippen LogP contribution is 2.11. The molecule has 0 aliphatic heterocycles. The number of unbranched alkanes of at least 4 members (excludes halogenated alkanes) is 1. The summed E-state index contributed by atoms with van der Waals surface area (Å²) in [6.45, 7) is 1.46. The van der Waals surface area contributed by atoms with E-state index in [0.29, 0.717) is 6.42 Å². The van der Waals surface area contributed by atoms with Crippen LogP contribution in [0.15, 0.2) is 0 Å². The van der Waals surface area contributed by atoms with Crippen molar-refractivity contribution in [1.82, 2.24) is 0 Å². The highest BCUT2D eigenvalue weighted by Gasteiger charge is 2.29. The number of rotatable bonds is 5. The third-order valence-corrected chi connectivity index (χ3v) is 1.68. The monoisotopic (exact) mass is 163 g/mol. The summed E-state index contributed by atoms with van der Waals surface area (Å²) in [6.07, 6.45) is 0.710. The molecule has 2 unspecified atom stereocenters. The van der Waals surface area contributed by atoms with Crippen LogP contribution in [0.3, 0.4) is 0 Å². The van der Waals surface area contributed by atoms with Crippen molar-refractivity contribution >= 4 is 0 Å². The molecular formula is C7H17NO3. The molecule has 0 fully saturated rings. The van der Waals surface area contributed by atoms with Crippen LogP contribution in [0.25, 0.3) is 0 Å². The van der Waals surface area contributed by atoms with E-state index in [4.69, 9.17) is 15.9 Å². The van der Waals surface area contributed by atoms with Crippen LogP contribution in [0, 0.1) is 0 Å². The number of hydrogen-bond donors (Lipinski definition) is 4. The second-order valence-electron chi connectivity index (χ2n) is 2.79. The molecule has 0 radical (unpaired) electrons. The van der Waals surface area contributed by atoms with Crippen molar-refractivity contribution in [3.8, 4) is 0 Å². The lowest BCUT2D eigenvalue weighted by molar-refractivity contribution is -0.0963. The van der Waals surface area contributed by atoms with Gasteiger partial charge < -0.3 is 21.1 Å². The van der Waals surface area contributed by atoms with E-state index in [1.54, 1.807) is 0 Å². The molecule has 2 atom stereocenters. The molecule has 0 rings (SSSR count). The van der Waals surface area contributed by atoms with E-state index < -0.39 is 18.4 Å².